The first kappa shape index (κ1) is 14.6. The van der Waals surface area contributed by atoms with Crippen LogP contribution in [0.4, 0.5) is 5.82 Å². The lowest BCUT2D eigenvalue weighted by Gasteiger charge is -2.13. The van der Waals surface area contributed by atoms with Gasteiger partial charge < -0.3 is 15.4 Å². The fraction of sp³-hybridized carbons (Fsp3) is 0.500. The number of fused-ring (bicyclic) bond motifs is 1. The van der Waals surface area contributed by atoms with Crippen LogP contribution in [-0.4, -0.2) is 30.1 Å². The molecule has 1 aliphatic carbocycles. The number of hydrogen-bond acceptors (Lipinski definition) is 4. The van der Waals surface area contributed by atoms with E-state index in [2.05, 4.69) is 31.5 Å². The summed E-state index contributed by atoms with van der Waals surface area (Å²) in [5.41, 5.74) is 0. The van der Waals surface area contributed by atoms with Gasteiger partial charge in [0.2, 0.25) is 5.91 Å². The summed E-state index contributed by atoms with van der Waals surface area (Å²) in [6.45, 7) is 0. The summed E-state index contributed by atoms with van der Waals surface area (Å²) < 4.78 is 5.77. The Morgan fingerprint density at radius 3 is 2.95 bits per heavy atom. The summed E-state index contributed by atoms with van der Waals surface area (Å²) in [6.07, 6.45) is 2.15. The molecule has 7 heteroatoms. The van der Waals surface area contributed by atoms with Gasteiger partial charge in [0.05, 0.1) is 13.2 Å². The first-order valence-electron chi connectivity index (χ1n) is 5.94. The van der Waals surface area contributed by atoms with Crippen LogP contribution in [0.5, 0.6) is 5.75 Å². The van der Waals surface area contributed by atoms with Crippen molar-refractivity contribution in [3.63, 3.8) is 0 Å². The van der Waals surface area contributed by atoms with Crippen LogP contribution in [0.15, 0.2) is 16.7 Å². The maximum absolute atomic E-state index is 12.0. The van der Waals surface area contributed by atoms with Crippen molar-refractivity contribution >= 4 is 40.1 Å². The quantitative estimate of drug-likeness (QED) is 0.820. The van der Waals surface area contributed by atoms with Gasteiger partial charge in [0.25, 0.3) is 0 Å². The van der Waals surface area contributed by atoms with E-state index in [0.717, 1.165) is 6.42 Å². The van der Waals surface area contributed by atoms with E-state index in [1.165, 1.54) is 6.42 Å². The second-order valence-electron chi connectivity index (χ2n) is 4.76. The van der Waals surface area contributed by atoms with Crippen molar-refractivity contribution in [1.82, 2.24) is 10.3 Å². The zero-order valence-electron chi connectivity index (χ0n) is 10.4. The zero-order valence-corrected chi connectivity index (χ0v) is 12.8. The van der Waals surface area contributed by atoms with Gasteiger partial charge >= 0.3 is 0 Å². The molecule has 0 radical (unpaired) electrons. The van der Waals surface area contributed by atoms with Gasteiger partial charge in [-0.1, -0.05) is 0 Å². The predicted octanol–water partition coefficient (Wildman–Crippen LogP) is 1.96. The highest BCUT2D eigenvalue weighted by atomic mass is 79.9. The van der Waals surface area contributed by atoms with Crippen LogP contribution in [-0.2, 0) is 4.79 Å². The van der Waals surface area contributed by atoms with Crippen molar-refractivity contribution in [2.75, 3.05) is 12.4 Å². The molecule has 1 saturated carbocycles. The number of pyridine rings is 1. The number of nitrogens with zero attached hydrogens (tertiary/aromatic N) is 1. The lowest BCUT2D eigenvalue weighted by Crippen LogP contribution is -2.38. The smallest absolute Gasteiger partial charge is 0.242 e. The van der Waals surface area contributed by atoms with Crippen LogP contribution in [0.2, 0.25) is 0 Å². The molecule has 1 saturated heterocycles. The summed E-state index contributed by atoms with van der Waals surface area (Å²) in [5, 5.41) is 6.13. The fourth-order valence-corrected chi connectivity index (χ4v) is 2.81. The summed E-state index contributed by atoms with van der Waals surface area (Å²) in [6, 6.07) is 3.93. The third kappa shape index (κ3) is 3.19. The van der Waals surface area contributed by atoms with Crippen LogP contribution >= 0.6 is 28.3 Å². The maximum Gasteiger partial charge on any atom is 0.242 e. The molecule has 0 bridgehead atoms. The number of ether oxygens (including phenoxy) is 1. The summed E-state index contributed by atoms with van der Waals surface area (Å²) in [7, 11) is 1.58. The number of aromatic nitrogens is 1. The Morgan fingerprint density at radius 1 is 1.53 bits per heavy atom. The molecule has 0 aromatic carbocycles. The number of hydrogen-bond donors (Lipinski definition) is 2. The molecule has 0 spiro atoms. The molecule has 2 aliphatic rings. The molecule has 3 rings (SSSR count). The van der Waals surface area contributed by atoms with E-state index >= 15 is 0 Å². The molecule has 2 N–H and O–H groups in total. The molecular weight excluding hydrogens is 334 g/mol. The zero-order chi connectivity index (χ0) is 12.7. The van der Waals surface area contributed by atoms with Crippen LogP contribution < -0.4 is 15.4 Å². The number of halogens is 2. The molecule has 1 aliphatic heterocycles. The van der Waals surface area contributed by atoms with E-state index in [9.17, 15) is 4.79 Å². The Kier molecular flexibility index (Phi) is 4.32. The summed E-state index contributed by atoms with van der Waals surface area (Å²) in [4.78, 5) is 16.2. The van der Waals surface area contributed by atoms with E-state index in [0.29, 0.717) is 28.1 Å². The lowest BCUT2D eigenvalue weighted by molar-refractivity contribution is -0.118. The van der Waals surface area contributed by atoms with E-state index in [4.69, 9.17) is 4.74 Å². The minimum atomic E-state index is -0.0828. The second kappa shape index (κ2) is 5.64. The van der Waals surface area contributed by atoms with Gasteiger partial charge in [0, 0.05) is 18.2 Å². The Hall–Kier alpha value is -0.850. The van der Waals surface area contributed by atoms with Crippen molar-refractivity contribution in [2.45, 2.75) is 24.9 Å². The van der Waals surface area contributed by atoms with Crippen molar-refractivity contribution in [2.24, 2.45) is 5.92 Å². The molecule has 1 aromatic rings. The van der Waals surface area contributed by atoms with Gasteiger partial charge in [-0.2, -0.15) is 0 Å². The molecule has 19 heavy (non-hydrogen) atoms. The standard InChI is InChI=1S/C12H14BrN3O2.ClH/c1-18-7-4-10(13)15-11(5-7)16-12(17)9-3-6-2-8(6)14-9;/h4-6,8-9,14H,2-3H2,1H3,(H,15,16,17);1H/t6-,8-,9+;/m1./s1. The lowest BCUT2D eigenvalue weighted by atomic mass is 10.2. The SMILES string of the molecule is COc1cc(Br)nc(NC(=O)[C@@H]2C[C@H]3C[C@H]3N2)c1.Cl. The van der Waals surface area contributed by atoms with Crippen molar-refractivity contribution in [3.8, 4) is 5.75 Å². The van der Waals surface area contributed by atoms with Crippen LogP contribution in [0.1, 0.15) is 12.8 Å². The van der Waals surface area contributed by atoms with E-state index < -0.39 is 0 Å². The summed E-state index contributed by atoms with van der Waals surface area (Å²) in [5.74, 6) is 1.85. The average molecular weight is 349 g/mol. The molecule has 3 atom stereocenters. The molecule has 1 aromatic heterocycles. The van der Waals surface area contributed by atoms with Gasteiger partial charge in [-0.3, -0.25) is 4.79 Å². The minimum absolute atomic E-state index is 0. The van der Waals surface area contributed by atoms with Gasteiger partial charge in [-0.25, -0.2) is 4.98 Å². The predicted molar refractivity (Wildman–Crippen MR) is 77.8 cm³/mol. The first-order chi connectivity index (χ1) is 8.65. The number of carbonyl (C=O) groups is 1. The summed E-state index contributed by atoms with van der Waals surface area (Å²) >= 11 is 3.29. The Morgan fingerprint density at radius 2 is 2.32 bits per heavy atom. The van der Waals surface area contributed by atoms with Gasteiger partial charge in [-0.15, -0.1) is 12.4 Å². The molecular formula is C12H15BrClN3O2. The number of piperidine rings is 1. The van der Waals surface area contributed by atoms with E-state index in [1.54, 1.807) is 19.2 Å². The maximum atomic E-state index is 12.0. The average Bonchev–Trinajstić information content (AvgIpc) is 2.95. The third-order valence-electron chi connectivity index (χ3n) is 3.45. The normalized spacial score (nSPS) is 27.2. The van der Waals surface area contributed by atoms with E-state index in [1.807, 2.05) is 0 Å². The van der Waals surface area contributed by atoms with Crippen LogP contribution in [0.3, 0.4) is 0 Å². The highest BCUT2D eigenvalue weighted by Gasteiger charge is 2.47. The molecule has 5 nitrogen and oxygen atoms in total. The first-order valence-corrected chi connectivity index (χ1v) is 6.73. The number of anilines is 1. The number of rotatable bonds is 3. The van der Waals surface area contributed by atoms with Crippen LogP contribution in [0, 0.1) is 5.92 Å². The topological polar surface area (TPSA) is 63.2 Å². The van der Waals surface area contributed by atoms with Crippen molar-refractivity contribution < 1.29 is 9.53 Å². The highest BCUT2D eigenvalue weighted by Crippen LogP contribution is 2.40. The Bertz CT molecular complexity index is 490. The third-order valence-corrected chi connectivity index (χ3v) is 3.85. The number of carbonyl (C=O) groups excluding carboxylic acids is 1. The van der Waals surface area contributed by atoms with Crippen LogP contribution in [0.25, 0.3) is 0 Å². The minimum Gasteiger partial charge on any atom is -0.497 e. The van der Waals surface area contributed by atoms with Gasteiger partial charge in [0.1, 0.15) is 16.2 Å². The molecule has 2 fully saturated rings. The highest BCUT2D eigenvalue weighted by molar-refractivity contribution is 9.10. The molecule has 1 amide bonds. The molecule has 2 heterocycles. The monoisotopic (exact) mass is 347 g/mol. The number of nitrogens with one attached hydrogen (secondary N) is 2. The Labute approximate surface area is 126 Å². The number of methoxy groups -OCH3 is 1. The fourth-order valence-electron chi connectivity index (χ4n) is 2.39. The molecule has 0 unspecified atom stereocenters. The molecule has 104 valence electrons. The largest absolute Gasteiger partial charge is 0.497 e. The van der Waals surface area contributed by atoms with Crippen molar-refractivity contribution in [3.05, 3.63) is 16.7 Å². The van der Waals surface area contributed by atoms with Crippen molar-refractivity contribution in [1.29, 1.82) is 0 Å². The van der Waals surface area contributed by atoms with Gasteiger partial charge in [-0.05, 0) is 34.7 Å². The van der Waals surface area contributed by atoms with Gasteiger partial charge in [0.15, 0.2) is 0 Å². The van der Waals surface area contributed by atoms with E-state index in [-0.39, 0.29) is 24.4 Å². The Balaban J connectivity index is 0.00000133. The second-order valence-corrected chi connectivity index (χ2v) is 5.57. The number of amides is 1.